The number of hydrazone groups is 1. The standard InChI is InChI=1S/C20H25ClN4O3S/c1-4-24(5-2)18-11-9-16(10-12-18)14-22-23-20(26)15-25(29(3,27)28)19-8-6-7-17(21)13-19/h6-14H,4-5,15H2,1-3H3,(H,23,26)/b22-14-. The van der Waals surface area contributed by atoms with E-state index in [0.717, 1.165) is 34.9 Å². The van der Waals surface area contributed by atoms with E-state index in [1.54, 1.807) is 18.2 Å². The molecule has 7 nitrogen and oxygen atoms in total. The summed E-state index contributed by atoms with van der Waals surface area (Å²) in [4.78, 5) is 14.4. The van der Waals surface area contributed by atoms with Crippen LogP contribution in [0.25, 0.3) is 0 Å². The van der Waals surface area contributed by atoms with Crippen LogP contribution in [0.3, 0.4) is 0 Å². The normalized spacial score (nSPS) is 11.4. The first-order valence-electron chi connectivity index (χ1n) is 9.14. The van der Waals surface area contributed by atoms with Crippen LogP contribution in [0.5, 0.6) is 0 Å². The lowest BCUT2D eigenvalue weighted by Gasteiger charge is -2.21. The first-order valence-corrected chi connectivity index (χ1v) is 11.4. The minimum Gasteiger partial charge on any atom is -0.372 e. The number of carbonyl (C=O) groups excluding carboxylic acids is 1. The highest BCUT2D eigenvalue weighted by Gasteiger charge is 2.20. The first kappa shape index (κ1) is 22.7. The number of nitrogens with zero attached hydrogens (tertiary/aromatic N) is 3. The molecule has 0 atom stereocenters. The second kappa shape index (κ2) is 10.3. The zero-order chi connectivity index (χ0) is 21.4. The van der Waals surface area contributed by atoms with Gasteiger partial charge in [-0.3, -0.25) is 9.10 Å². The van der Waals surface area contributed by atoms with Crippen molar-refractivity contribution < 1.29 is 13.2 Å². The highest BCUT2D eigenvalue weighted by atomic mass is 35.5. The van der Waals surface area contributed by atoms with Gasteiger partial charge in [0.05, 0.1) is 18.2 Å². The minimum atomic E-state index is -3.67. The van der Waals surface area contributed by atoms with Crippen molar-refractivity contribution in [2.75, 3.05) is 35.1 Å². The van der Waals surface area contributed by atoms with E-state index in [4.69, 9.17) is 11.6 Å². The van der Waals surface area contributed by atoms with E-state index in [2.05, 4.69) is 29.3 Å². The summed E-state index contributed by atoms with van der Waals surface area (Å²) >= 11 is 5.93. The van der Waals surface area contributed by atoms with Gasteiger partial charge in [-0.1, -0.05) is 29.8 Å². The topological polar surface area (TPSA) is 82.1 Å². The average Bonchev–Trinajstić information content (AvgIpc) is 2.67. The Hall–Kier alpha value is -2.58. The number of amides is 1. The van der Waals surface area contributed by atoms with Gasteiger partial charge in [0.25, 0.3) is 5.91 Å². The number of halogens is 1. The van der Waals surface area contributed by atoms with Gasteiger partial charge >= 0.3 is 0 Å². The maximum atomic E-state index is 12.2. The van der Waals surface area contributed by atoms with E-state index in [9.17, 15) is 13.2 Å². The van der Waals surface area contributed by atoms with E-state index in [1.165, 1.54) is 12.3 Å². The van der Waals surface area contributed by atoms with Gasteiger partial charge in [0.2, 0.25) is 10.0 Å². The second-order valence-electron chi connectivity index (χ2n) is 6.31. The van der Waals surface area contributed by atoms with Crippen LogP contribution < -0.4 is 14.6 Å². The molecule has 9 heteroatoms. The zero-order valence-corrected chi connectivity index (χ0v) is 18.2. The Morgan fingerprint density at radius 1 is 1.10 bits per heavy atom. The summed E-state index contributed by atoms with van der Waals surface area (Å²) in [7, 11) is -3.67. The van der Waals surface area contributed by atoms with Crippen molar-refractivity contribution in [3.8, 4) is 0 Å². The van der Waals surface area contributed by atoms with Crippen molar-refractivity contribution in [1.29, 1.82) is 0 Å². The molecule has 2 aromatic rings. The van der Waals surface area contributed by atoms with Crippen LogP contribution in [0.1, 0.15) is 19.4 Å². The van der Waals surface area contributed by atoms with Gasteiger partial charge in [0.15, 0.2) is 0 Å². The quantitative estimate of drug-likeness (QED) is 0.483. The molecule has 0 spiro atoms. The van der Waals surface area contributed by atoms with Gasteiger partial charge < -0.3 is 4.90 Å². The molecule has 1 N–H and O–H groups in total. The zero-order valence-electron chi connectivity index (χ0n) is 16.7. The molecule has 0 saturated carbocycles. The molecule has 29 heavy (non-hydrogen) atoms. The smallest absolute Gasteiger partial charge is 0.260 e. The molecular weight excluding hydrogens is 412 g/mol. The summed E-state index contributed by atoms with van der Waals surface area (Å²) in [5.74, 6) is -0.564. The van der Waals surface area contributed by atoms with Crippen molar-refractivity contribution in [2.24, 2.45) is 5.10 Å². The molecule has 0 heterocycles. The Morgan fingerprint density at radius 3 is 2.31 bits per heavy atom. The third-order valence-corrected chi connectivity index (χ3v) is 5.58. The number of sulfonamides is 1. The molecule has 0 aliphatic heterocycles. The monoisotopic (exact) mass is 436 g/mol. The number of carbonyl (C=O) groups is 1. The number of rotatable bonds is 9. The lowest BCUT2D eigenvalue weighted by Crippen LogP contribution is -2.39. The minimum absolute atomic E-state index is 0.311. The largest absolute Gasteiger partial charge is 0.372 e. The first-order chi connectivity index (χ1) is 13.7. The number of hydrogen-bond donors (Lipinski definition) is 1. The maximum Gasteiger partial charge on any atom is 0.260 e. The molecule has 0 unspecified atom stereocenters. The summed E-state index contributed by atoms with van der Waals surface area (Å²) in [5, 5.41) is 4.29. The summed E-state index contributed by atoms with van der Waals surface area (Å²) in [5.41, 5.74) is 4.60. The molecule has 2 aromatic carbocycles. The molecule has 156 valence electrons. The van der Waals surface area contributed by atoms with E-state index in [1.807, 2.05) is 24.3 Å². The third kappa shape index (κ3) is 6.76. The van der Waals surface area contributed by atoms with Gasteiger partial charge in [0.1, 0.15) is 6.54 Å². The molecule has 0 bridgehead atoms. The van der Waals surface area contributed by atoms with Gasteiger partial charge in [-0.2, -0.15) is 5.10 Å². The maximum absolute atomic E-state index is 12.2. The molecule has 0 saturated heterocycles. The number of nitrogens with one attached hydrogen (secondary N) is 1. The molecule has 0 aliphatic carbocycles. The van der Waals surface area contributed by atoms with E-state index >= 15 is 0 Å². The molecule has 2 rings (SSSR count). The summed E-state index contributed by atoms with van der Waals surface area (Å²) in [6.45, 7) is 5.62. The second-order valence-corrected chi connectivity index (χ2v) is 8.65. The van der Waals surface area contributed by atoms with Gasteiger partial charge in [-0.05, 0) is 49.7 Å². The fourth-order valence-corrected chi connectivity index (χ4v) is 3.77. The van der Waals surface area contributed by atoms with Crippen LogP contribution in [0, 0.1) is 0 Å². The molecule has 0 aliphatic rings. The third-order valence-electron chi connectivity index (χ3n) is 4.21. The SMILES string of the molecule is CCN(CC)c1ccc(/C=N\NC(=O)CN(c2cccc(Cl)c2)S(C)(=O)=O)cc1. The van der Waals surface area contributed by atoms with Crippen LogP contribution in [0.15, 0.2) is 53.6 Å². The van der Waals surface area contributed by atoms with E-state index in [-0.39, 0.29) is 0 Å². The van der Waals surface area contributed by atoms with Gasteiger partial charge in [-0.15, -0.1) is 0 Å². The summed E-state index contributed by atoms with van der Waals surface area (Å²) < 4.78 is 25.1. The Kier molecular flexibility index (Phi) is 8.04. The summed E-state index contributed by atoms with van der Waals surface area (Å²) in [6, 6.07) is 14.1. The molecule has 0 aromatic heterocycles. The van der Waals surface area contributed by atoms with Crippen LogP contribution >= 0.6 is 11.6 Å². The van der Waals surface area contributed by atoms with Gasteiger partial charge in [-0.25, -0.2) is 13.8 Å². The highest BCUT2D eigenvalue weighted by Crippen LogP contribution is 2.21. The van der Waals surface area contributed by atoms with Crippen molar-refractivity contribution >= 4 is 45.1 Å². The van der Waals surface area contributed by atoms with Crippen LogP contribution in [0.4, 0.5) is 11.4 Å². The van der Waals surface area contributed by atoms with E-state index in [0.29, 0.717) is 10.7 Å². The van der Waals surface area contributed by atoms with Crippen molar-refractivity contribution in [1.82, 2.24) is 5.43 Å². The predicted molar refractivity (Wildman–Crippen MR) is 119 cm³/mol. The Bertz CT molecular complexity index is 958. The van der Waals surface area contributed by atoms with E-state index < -0.39 is 22.5 Å². The van der Waals surface area contributed by atoms with Crippen molar-refractivity contribution in [3.05, 3.63) is 59.1 Å². The van der Waals surface area contributed by atoms with Crippen LogP contribution in [0.2, 0.25) is 5.02 Å². The van der Waals surface area contributed by atoms with Crippen LogP contribution in [-0.2, 0) is 14.8 Å². The van der Waals surface area contributed by atoms with Gasteiger partial charge in [0, 0.05) is 23.8 Å². The fraction of sp³-hybridized carbons (Fsp3) is 0.300. The molecule has 0 radical (unpaired) electrons. The Balaban J connectivity index is 2.02. The highest BCUT2D eigenvalue weighted by molar-refractivity contribution is 7.92. The number of benzene rings is 2. The fourth-order valence-electron chi connectivity index (χ4n) is 2.74. The summed E-state index contributed by atoms with van der Waals surface area (Å²) in [6.07, 6.45) is 2.54. The lowest BCUT2D eigenvalue weighted by molar-refractivity contribution is -0.119. The average molecular weight is 437 g/mol. The predicted octanol–water partition coefficient (Wildman–Crippen LogP) is 3.10. The molecule has 1 amide bonds. The molecule has 0 fully saturated rings. The molecular formula is C20H25ClN4O3S. The Morgan fingerprint density at radius 2 is 1.76 bits per heavy atom. The number of anilines is 2. The van der Waals surface area contributed by atoms with Crippen molar-refractivity contribution in [3.63, 3.8) is 0 Å². The number of hydrogen-bond acceptors (Lipinski definition) is 5. The van der Waals surface area contributed by atoms with Crippen LogP contribution in [-0.4, -0.2) is 46.4 Å². The van der Waals surface area contributed by atoms with Crippen molar-refractivity contribution in [2.45, 2.75) is 13.8 Å². The Labute approximate surface area is 177 Å². The lowest BCUT2D eigenvalue weighted by atomic mass is 10.2.